The molecule has 0 unspecified atom stereocenters. The van der Waals surface area contributed by atoms with Crippen molar-refractivity contribution in [2.45, 2.75) is 24.4 Å². The summed E-state index contributed by atoms with van der Waals surface area (Å²) in [6.45, 7) is 6.35. The molecule has 4 aromatic heterocycles. The van der Waals surface area contributed by atoms with Crippen molar-refractivity contribution in [3.63, 3.8) is 0 Å². The average molecular weight is 384 g/mol. The highest BCUT2D eigenvalue weighted by Crippen LogP contribution is 2.30. The number of thiophene rings is 1. The molecule has 4 heterocycles. The molecule has 0 aliphatic rings. The first kappa shape index (κ1) is 16.9. The Labute approximate surface area is 158 Å². The molecule has 132 valence electrons. The highest BCUT2D eigenvalue weighted by molar-refractivity contribution is 7.98. The second kappa shape index (κ2) is 7.35. The number of hydrogen-bond donors (Lipinski definition) is 0. The maximum Gasteiger partial charge on any atom is 0.236 e. The number of rotatable bonds is 7. The minimum absolute atomic E-state index is 0.601. The van der Waals surface area contributed by atoms with Crippen LogP contribution in [0.4, 0.5) is 0 Å². The first-order chi connectivity index (χ1) is 12.8. The molecule has 26 heavy (non-hydrogen) atoms. The van der Waals surface area contributed by atoms with E-state index in [9.17, 15) is 0 Å². The SMILES string of the molecule is C=CCn1c(SCc2nc(-c3cccs3)oc2C)nnc1-c1ccco1. The van der Waals surface area contributed by atoms with Gasteiger partial charge in [0.25, 0.3) is 0 Å². The van der Waals surface area contributed by atoms with Gasteiger partial charge in [-0.25, -0.2) is 4.98 Å². The summed E-state index contributed by atoms with van der Waals surface area (Å²) in [5, 5.41) is 11.4. The van der Waals surface area contributed by atoms with Crippen molar-refractivity contribution in [3.8, 4) is 22.4 Å². The zero-order valence-corrected chi connectivity index (χ0v) is 15.7. The Balaban J connectivity index is 1.56. The Morgan fingerprint density at radius 3 is 2.96 bits per heavy atom. The summed E-state index contributed by atoms with van der Waals surface area (Å²) < 4.78 is 13.2. The topological polar surface area (TPSA) is 69.9 Å². The van der Waals surface area contributed by atoms with Gasteiger partial charge in [0.15, 0.2) is 10.9 Å². The van der Waals surface area contributed by atoms with Crippen LogP contribution in [0.3, 0.4) is 0 Å². The van der Waals surface area contributed by atoms with Crippen molar-refractivity contribution in [1.82, 2.24) is 19.7 Å². The van der Waals surface area contributed by atoms with Crippen molar-refractivity contribution in [3.05, 3.63) is 60.0 Å². The molecule has 4 aromatic rings. The van der Waals surface area contributed by atoms with Gasteiger partial charge in [0.05, 0.1) is 16.8 Å². The lowest BCUT2D eigenvalue weighted by atomic mass is 10.4. The smallest absolute Gasteiger partial charge is 0.236 e. The van der Waals surface area contributed by atoms with Crippen LogP contribution in [0.25, 0.3) is 22.4 Å². The number of aryl methyl sites for hydroxylation is 1. The second-order valence-electron chi connectivity index (χ2n) is 5.47. The fraction of sp³-hybridized carbons (Fsp3) is 0.167. The Kier molecular flexibility index (Phi) is 4.77. The van der Waals surface area contributed by atoms with Crippen LogP contribution in [0.15, 0.2) is 62.6 Å². The summed E-state index contributed by atoms with van der Waals surface area (Å²) in [7, 11) is 0. The van der Waals surface area contributed by atoms with Crippen LogP contribution in [-0.4, -0.2) is 19.7 Å². The van der Waals surface area contributed by atoms with Crippen molar-refractivity contribution < 1.29 is 8.83 Å². The van der Waals surface area contributed by atoms with E-state index < -0.39 is 0 Å². The number of nitrogens with zero attached hydrogens (tertiary/aromatic N) is 4. The summed E-state index contributed by atoms with van der Waals surface area (Å²) in [6.07, 6.45) is 3.44. The molecule has 0 spiro atoms. The number of hydrogen-bond acceptors (Lipinski definition) is 7. The van der Waals surface area contributed by atoms with Crippen LogP contribution in [0.2, 0.25) is 0 Å². The molecule has 0 radical (unpaired) electrons. The van der Waals surface area contributed by atoms with Gasteiger partial charge in [-0.05, 0) is 30.5 Å². The van der Waals surface area contributed by atoms with E-state index >= 15 is 0 Å². The number of aromatic nitrogens is 4. The monoisotopic (exact) mass is 384 g/mol. The Bertz CT molecular complexity index is 1000. The fourth-order valence-corrected chi connectivity index (χ4v) is 4.08. The molecule has 0 aliphatic carbocycles. The van der Waals surface area contributed by atoms with E-state index in [0.29, 0.717) is 29.8 Å². The van der Waals surface area contributed by atoms with Gasteiger partial charge in [-0.1, -0.05) is 23.9 Å². The Hall–Kier alpha value is -2.58. The molecule has 8 heteroatoms. The van der Waals surface area contributed by atoms with E-state index in [-0.39, 0.29) is 0 Å². The summed E-state index contributed by atoms with van der Waals surface area (Å²) in [5.74, 6) is 3.50. The first-order valence-electron chi connectivity index (χ1n) is 7.97. The van der Waals surface area contributed by atoms with Gasteiger partial charge in [-0.2, -0.15) is 0 Å². The zero-order valence-electron chi connectivity index (χ0n) is 14.1. The standard InChI is InChI=1S/C18H16N4O2S2/c1-3-8-22-16(14-6-4-9-23-14)20-21-18(22)26-11-13-12(2)24-17(19-13)15-7-5-10-25-15/h3-7,9-10H,1,8,11H2,2H3. The summed E-state index contributed by atoms with van der Waals surface area (Å²) in [5.41, 5.74) is 0.908. The van der Waals surface area contributed by atoms with Crippen molar-refractivity contribution in [2.24, 2.45) is 0 Å². The summed E-state index contributed by atoms with van der Waals surface area (Å²) in [4.78, 5) is 5.65. The molecule has 0 aliphatic heterocycles. The van der Waals surface area contributed by atoms with Crippen LogP contribution in [0.5, 0.6) is 0 Å². The van der Waals surface area contributed by atoms with Crippen molar-refractivity contribution in [2.75, 3.05) is 0 Å². The molecule has 0 N–H and O–H groups in total. The van der Waals surface area contributed by atoms with E-state index in [0.717, 1.165) is 21.5 Å². The highest BCUT2D eigenvalue weighted by atomic mass is 32.2. The third-order valence-corrected chi connectivity index (χ3v) is 5.57. The van der Waals surface area contributed by atoms with Crippen LogP contribution < -0.4 is 0 Å². The normalized spacial score (nSPS) is 11.1. The van der Waals surface area contributed by atoms with Crippen molar-refractivity contribution >= 4 is 23.1 Å². The van der Waals surface area contributed by atoms with Gasteiger partial charge in [0, 0.05) is 12.3 Å². The number of thioether (sulfide) groups is 1. The molecular formula is C18H16N4O2S2. The van der Waals surface area contributed by atoms with Gasteiger partial charge in [0.2, 0.25) is 11.7 Å². The predicted octanol–water partition coefficient (Wildman–Crippen LogP) is 5.04. The van der Waals surface area contributed by atoms with Gasteiger partial charge in [-0.3, -0.25) is 4.57 Å². The van der Waals surface area contributed by atoms with Gasteiger partial charge in [-0.15, -0.1) is 28.1 Å². The molecule has 0 amide bonds. The maximum atomic E-state index is 5.80. The highest BCUT2D eigenvalue weighted by Gasteiger charge is 2.18. The molecule has 0 saturated heterocycles. The molecule has 0 saturated carbocycles. The number of furan rings is 1. The molecule has 4 rings (SSSR count). The van der Waals surface area contributed by atoms with Crippen molar-refractivity contribution in [1.29, 1.82) is 0 Å². The minimum atomic E-state index is 0.601. The quantitative estimate of drug-likeness (QED) is 0.328. The molecule has 0 atom stereocenters. The fourth-order valence-electron chi connectivity index (χ4n) is 2.48. The van der Waals surface area contributed by atoms with Crippen LogP contribution in [-0.2, 0) is 12.3 Å². The van der Waals surface area contributed by atoms with E-state index in [1.54, 1.807) is 29.4 Å². The van der Waals surface area contributed by atoms with Gasteiger partial charge < -0.3 is 8.83 Å². The predicted molar refractivity (Wildman–Crippen MR) is 102 cm³/mol. The van der Waals surface area contributed by atoms with Crippen LogP contribution in [0, 0.1) is 6.92 Å². The second-order valence-corrected chi connectivity index (χ2v) is 7.36. The zero-order chi connectivity index (χ0) is 17.9. The van der Waals surface area contributed by atoms with Gasteiger partial charge >= 0.3 is 0 Å². The molecule has 0 bridgehead atoms. The van der Waals surface area contributed by atoms with E-state index in [2.05, 4.69) is 21.8 Å². The summed E-state index contributed by atoms with van der Waals surface area (Å²) in [6, 6.07) is 7.69. The third-order valence-electron chi connectivity index (χ3n) is 3.73. The lowest BCUT2D eigenvalue weighted by Crippen LogP contribution is -2.00. The van der Waals surface area contributed by atoms with Gasteiger partial charge in [0.1, 0.15) is 5.76 Å². The molecule has 0 aromatic carbocycles. The lowest BCUT2D eigenvalue weighted by Gasteiger charge is -2.05. The first-order valence-corrected chi connectivity index (χ1v) is 9.83. The Morgan fingerprint density at radius 2 is 2.23 bits per heavy atom. The minimum Gasteiger partial charge on any atom is -0.461 e. The number of oxazole rings is 1. The van der Waals surface area contributed by atoms with Crippen LogP contribution >= 0.6 is 23.1 Å². The van der Waals surface area contributed by atoms with E-state index in [1.165, 1.54) is 0 Å². The van der Waals surface area contributed by atoms with E-state index in [4.69, 9.17) is 8.83 Å². The van der Waals surface area contributed by atoms with Crippen LogP contribution in [0.1, 0.15) is 11.5 Å². The number of allylic oxidation sites excluding steroid dienone is 1. The molecule has 6 nitrogen and oxygen atoms in total. The molecular weight excluding hydrogens is 368 g/mol. The molecule has 0 fully saturated rings. The largest absolute Gasteiger partial charge is 0.461 e. The maximum absolute atomic E-state index is 5.80. The Morgan fingerprint density at radius 1 is 1.31 bits per heavy atom. The van der Waals surface area contributed by atoms with E-state index in [1.807, 2.05) is 47.2 Å². The third kappa shape index (κ3) is 3.25. The lowest BCUT2D eigenvalue weighted by molar-refractivity contribution is 0.542. The summed E-state index contributed by atoms with van der Waals surface area (Å²) >= 11 is 3.18. The average Bonchev–Trinajstić information content (AvgIpc) is 3.41.